The van der Waals surface area contributed by atoms with Gasteiger partial charge in [-0.05, 0) is 56.3 Å². The van der Waals surface area contributed by atoms with Gasteiger partial charge in [0.25, 0.3) is 0 Å². The molecular weight excluding hydrogens is 352 g/mol. The maximum atomic E-state index is 6.45. The van der Waals surface area contributed by atoms with E-state index < -0.39 is 0 Å². The summed E-state index contributed by atoms with van der Waals surface area (Å²) in [5.74, 6) is 4.03. The molecule has 1 nitrogen and oxygen atoms in total. The molecule has 0 heterocycles. The zero-order valence-corrected chi connectivity index (χ0v) is 20.1. The predicted molar refractivity (Wildman–Crippen MR) is 126 cm³/mol. The summed E-state index contributed by atoms with van der Waals surface area (Å²) < 4.78 is 6.45. The maximum Gasteiger partial charge on any atom is 0.0710 e. The molecule has 0 aromatic rings. The van der Waals surface area contributed by atoms with Gasteiger partial charge in [0.05, 0.1) is 5.60 Å². The Labute approximate surface area is 183 Å². The lowest BCUT2D eigenvalue weighted by atomic mass is 9.67. The highest BCUT2D eigenvalue weighted by molar-refractivity contribution is 4.93. The molecule has 0 amide bonds. The van der Waals surface area contributed by atoms with Gasteiger partial charge in [-0.3, -0.25) is 0 Å². The lowest BCUT2D eigenvalue weighted by Gasteiger charge is -2.46. The topological polar surface area (TPSA) is 9.23 Å². The Morgan fingerprint density at radius 2 is 1.17 bits per heavy atom. The van der Waals surface area contributed by atoms with Crippen molar-refractivity contribution in [1.82, 2.24) is 0 Å². The second-order valence-electron chi connectivity index (χ2n) is 11.1. The van der Waals surface area contributed by atoms with Crippen molar-refractivity contribution < 1.29 is 4.74 Å². The second kappa shape index (κ2) is 12.7. The van der Waals surface area contributed by atoms with Crippen molar-refractivity contribution in [2.24, 2.45) is 23.7 Å². The summed E-state index contributed by atoms with van der Waals surface area (Å²) >= 11 is 0. The summed E-state index contributed by atoms with van der Waals surface area (Å²) in [6.07, 6.45) is 29.4. The second-order valence-corrected chi connectivity index (χ2v) is 11.1. The van der Waals surface area contributed by atoms with E-state index in [0.29, 0.717) is 0 Å². The minimum absolute atomic E-state index is 0.271. The number of hydrogen-bond donors (Lipinski definition) is 0. The molecule has 0 radical (unpaired) electrons. The van der Waals surface area contributed by atoms with Crippen LogP contribution >= 0.6 is 0 Å². The van der Waals surface area contributed by atoms with E-state index in [9.17, 15) is 0 Å². The molecule has 3 aliphatic rings. The molecule has 0 bridgehead atoms. The molecule has 3 saturated carbocycles. The average Bonchev–Trinajstić information content (AvgIpc) is 2.77. The third kappa shape index (κ3) is 7.26. The fourth-order valence-electron chi connectivity index (χ4n) is 7.23. The van der Waals surface area contributed by atoms with E-state index in [1.807, 2.05) is 0 Å². The van der Waals surface area contributed by atoms with Crippen LogP contribution in [-0.4, -0.2) is 12.2 Å². The highest BCUT2D eigenvalue weighted by Gasteiger charge is 2.41. The smallest absolute Gasteiger partial charge is 0.0710 e. The fraction of sp³-hybridized carbons (Fsp3) is 1.00. The zero-order chi connectivity index (χ0) is 20.4. The van der Waals surface area contributed by atoms with Crippen LogP contribution in [0.3, 0.4) is 0 Å². The Kier molecular flexibility index (Phi) is 10.4. The van der Waals surface area contributed by atoms with Crippen LogP contribution in [0, 0.1) is 23.7 Å². The van der Waals surface area contributed by atoms with Gasteiger partial charge in [0.2, 0.25) is 0 Å². The van der Waals surface area contributed by atoms with Crippen LogP contribution in [0.25, 0.3) is 0 Å². The molecule has 0 aromatic heterocycles. The fourth-order valence-corrected chi connectivity index (χ4v) is 7.23. The minimum Gasteiger partial charge on any atom is -0.375 e. The molecule has 3 rings (SSSR count). The van der Waals surface area contributed by atoms with E-state index in [1.54, 1.807) is 25.7 Å². The molecule has 170 valence electrons. The summed E-state index contributed by atoms with van der Waals surface area (Å²) in [7, 11) is 0. The summed E-state index contributed by atoms with van der Waals surface area (Å²) in [5, 5.41) is 0. The summed E-state index contributed by atoms with van der Waals surface area (Å²) in [4.78, 5) is 0. The Bertz CT molecular complexity index is 403. The highest BCUT2D eigenvalue weighted by Crippen LogP contribution is 2.46. The average molecular weight is 405 g/mol. The number of hydrogen-bond acceptors (Lipinski definition) is 1. The van der Waals surface area contributed by atoms with Crippen LogP contribution in [0.2, 0.25) is 0 Å². The normalized spacial score (nSPS) is 32.9. The largest absolute Gasteiger partial charge is 0.375 e. The molecule has 0 saturated heterocycles. The van der Waals surface area contributed by atoms with Crippen LogP contribution in [0.1, 0.15) is 142 Å². The molecule has 0 spiro atoms. The van der Waals surface area contributed by atoms with E-state index in [4.69, 9.17) is 4.74 Å². The predicted octanol–water partition coefficient (Wildman–Crippen LogP) is 9.09. The minimum atomic E-state index is 0.271. The first-order chi connectivity index (χ1) is 14.3. The van der Waals surface area contributed by atoms with Gasteiger partial charge in [-0.1, -0.05) is 110 Å². The third-order valence-electron chi connectivity index (χ3n) is 9.14. The van der Waals surface area contributed by atoms with Crippen LogP contribution < -0.4 is 0 Å². The van der Waals surface area contributed by atoms with Gasteiger partial charge in [0.1, 0.15) is 0 Å². The van der Waals surface area contributed by atoms with Crippen LogP contribution in [0.5, 0.6) is 0 Å². The summed E-state index contributed by atoms with van der Waals surface area (Å²) in [6.45, 7) is 5.45. The van der Waals surface area contributed by atoms with Crippen molar-refractivity contribution in [1.29, 1.82) is 0 Å². The molecule has 0 aromatic carbocycles. The summed E-state index contributed by atoms with van der Waals surface area (Å²) in [6, 6.07) is 0. The quantitative estimate of drug-likeness (QED) is 0.312. The van der Waals surface area contributed by atoms with Crippen LogP contribution in [-0.2, 0) is 4.74 Å². The summed E-state index contributed by atoms with van der Waals surface area (Å²) in [5.41, 5.74) is 0.271. The van der Waals surface area contributed by atoms with E-state index >= 15 is 0 Å². The van der Waals surface area contributed by atoms with Crippen molar-refractivity contribution >= 4 is 0 Å². The molecular formula is C28H52O. The molecule has 0 aliphatic heterocycles. The number of unbranched alkanes of at least 4 members (excludes halogenated alkanes) is 3. The Balaban J connectivity index is 1.30. The molecule has 0 unspecified atom stereocenters. The first kappa shape index (κ1) is 23.6. The molecule has 0 N–H and O–H groups in total. The molecule has 1 heteroatoms. The Morgan fingerprint density at radius 1 is 0.621 bits per heavy atom. The Hall–Kier alpha value is -0.0400. The van der Waals surface area contributed by atoms with Gasteiger partial charge >= 0.3 is 0 Å². The first-order valence-electron chi connectivity index (χ1n) is 13.9. The van der Waals surface area contributed by atoms with Crippen molar-refractivity contribution in [2.75, 3.05) is 6.61 Å². The van der Waals surface area contributed by atoms with Gasteiger partial charge in [-0.2, -0.15) is 0 Å². The van der Waals surface area contributed by atoms with Gasteiger partial charge in [0.15, 0.2) is 0 Å². The van der Waals surface area contributed by atoms with Crippen LogP contribution in [0.4, 0.5) is 0 Å². The molecule has 3 aliphatic carbocycles. The SMILES string of the molecule is CCCCCC[C@H]1CC[C@H](CC[C@H]2CC[C@H](C3(OCC)CCCCC3)CC2)CC1. The van der Waals surface area contributed by atoms with Gasteiger partial charge in [-0.15, -0.1) is 0 Å². The molecule has 29 heavy (non-hydrogen) atoms. The van der Waals surface area contributed by atoms with E-state index in [1.165, 1.54) is 103 Å². The van der Waals surface area contributed by atoms with E-state index in [0.717, 1.165) is 30.3 Å². The number of rotatable bonds is 11. The van der Waals surface area contributed by atoms with Crippen molar-refractivity contribution in [3.63, 3.8) is 0 Å². The lowest BCUT2D eigenvalue weighted by molar-refractivity contribution is -0.117. The van der Waals surface area contributed by atoms with Crippen molar-refractivity contribution in [2.45, 2.75) is 148 Å². The van der Waals surface area contributed by atoms with Gasteiger partial charge in [-0.25, -0.2) is 0 Å². The maximum absolute atomic E-state index is 6.45. The van der Waals surface area contributed by atoms with E-state index in [2.05, 4.69) is 13.8 Å². The molecule has 3 fully saturated rings. The standard InChI is InChI=1S/C28H52O/c1-3-5-6-8-11-24-12-14-25(15-13-24)16-17-26-18-20-27(21-19-26)28(29-4-2)22-9-7-10-23-28/h24-27H,3-23H2,1-2H3/t24-,25-,26-,27-. The van der Waals surface area contributed by atoms with Gasteiger partial charge in [0, 0.05) is 6.61 Å². The lowest BCUT2D eigenvalue weighted by Crippen LogP contribution is -2.44. The van der Waals surface area contributed by atoms with Crippen molar-refractivity contribution in [3.8, 4) is 0 Å². The molecule has 0 atom stereocenters. The highest BCUT2D eigenvalue weighted by atomic mass is 16.5. The van der Waals surface area contributed by atoms with Crippen molar-refractivity contribution in [3.05, 3.63) is 0 Å². The van der Waals surface area contributed by atoms with Gasteiger partial charge < -0.3 is 4.74 Å². The number of ether oxygens (including phenoxy) is 1. The third-order valence-corrected chi connectivity index (χ3v) is 9.14. The first-order valence-corrected chi connectivity index (χ1v) is 13.9. The van der Waals surface area contributed by atoms with Crippen LogP contribution in [0.15, 0.2) is 0 Å². The monoisotopic (exact) mass is 404 g/mol. The Morgan fingerprint density at radius 3 is 1.72 bits per heavy atom. The van der Waals surface area contributed by atoms with E-state index in [-0.39, 0.29) is 5.60 Å². The zero-order valence-electron chi connectivity index (χ0n) is 20.1.